The van der Waals surface area contributed by atoms with E-state index in [9.17, 15) is 10.2 Å². The van der Waals surface area contributed by atoms with Crippen molar-refractivity contribution >= 4 is 0 Å². The third-order valence-electron chi connectivity index (χ3n) is 10.3. The second kappa shape index (κ2) is 6.46. The Labute approximate surface area is 167 Å². The van der Waals surface area contributed by atoms with Crippen molar-refractivity contribution in [3.05, 3.63) is 0 Å². The van der Waals surface area contributed by atoms with Gasteiger partial charge in [0.25, 0.3) is 0 Å². The summed E-state index contributed by atoms with van der Waals surface area (Å²) >= 11 is 0. The Morgan fingerprint density at radius 2 is 1.56 bits per heavy atom. The zero-order valence-corrected chi connectivity index (χ0v) is 18.6. The molecule has 4 rings (SSSR count). The molecular formula is C25H44O2. The number of fused-ring (bicyclic) bond motifs is 5. The summed E-state index contributed by atoms with van der Waals surface area (Å²) in [5.41, 5.74) is 0.0411. The van der Waals surface area contributed by atoms with E-state index in [0.717, 1.165) is 48.9 Å². The van der Waals surface area contributed by atoms with Crippen LogP contribution in [0.2, 0.25) is 0 Å². The Morgan fingerprint density at radius 3 is 2.26 bits per heavy atom. The minimum Gasteiger partial charge on any atom is -0.390 e. The lowest BCUT2D eigenvalue weighted by Gasteiger charge is -2.62. The van der Waals surface area contributed by atoms with Gasteiger partial charge in [0.2, 0.25) is 0 Å². The van der Waals surface area contributed by atoms with Gasteiger partial charge in [-0.1, -0.05) is 13.8 Å². The smallest absolute Gasteiger partial charge is 0.0622 e. The highest BCUT2D eigenvalue weighted by Crippen LogP contribution is 2.68. The molecule has 0 aromatic heterocycles. The monoisotopic (exact) mass is 376 g/mol. The standard InChI is InChI=1S/C25H44O2/c1-22(2,26)12-10-17-7-9-20-19-8-6-18-16-23(3,27)14-15-25(18,5)21(19)11-13-24(17,20)4/h17-21,26-27H,6-16H2,1-5H3/t17-,18+,19+,20+,21+,23+,24-,25+/m1/s1. The molecule has 0 aromatic carbocycles. The van der Waals surface area contributed by atoms with Crippen molar-refractivity contribution in [2.24, 2.45) is 40.4 Å². The molecule has 2 heteroatoms. The van der Waals surface area contributed by atoms with Gasteiger partial charge < -0.3 is 10.2 Å². The molecule has 4 fully saturated rings. The van der Waals surface area contributed by atoms with Crippen LogP contribution in [0.4, 0.5) is 0 Å². The zero-order chi connectivity index (χ0) is 19.7. The molecule has 0 unspecified atom stereocenters. The van der Waals surface area contributed by atoms with Gasteiger partial charge in [-0.2, -0.15) is 0 Å². The molecule has 0 bridgehead atoms. The first-order valence-corrected chi connectivity index (χ1v) is 11.9. The highest BCUT2D eigenvalue weighted by atomic mass is 16.3. The van der Waals surface area contributed by atoms with Crippen molar-refractivity contribution in [2.75, 3.05) is 0 Å². The van der Waals surface area contributed by atoms with Gasteiger partial charge in [0.05, 0.1) is 11.2 Å². The fraction of sp³-hybridized carbons (Fsp3) is 1.00. The van der Waals surface area contributed by atoms with Crippen LogP contribution in [0.5, 0.6) is 0 Å². The van der Waals surface area contributed by atoms with Crippen molar-refractivity contribution in [2.45, 2.75) is 116 Å². The molecule has 2 N–H and O–H groups in total. The maximum absolute atomic E-state index is 10.7. The van der Waals surface area contributed by atoms with Crippen LogP contribution in [0.3, 0.4) is 0 Å². The van der Waals surface area contributed by atoms with Gasteiger partial charge in [0.15, 0.2) is 0 Å². The molecule has 8 atom stereocenters. The van der Waals surface area contributed by atoms with Crippen LogP contribution in [0.15, 0.2) is 0 Å². The highest BCUT2D eigenvalue weighted by molar-refractivity contribution is 5.10. The van der Waals surface area contributed by atoms with Gasteiger partial charge >= 0.3 is 0 Å². The summed E-state index contributed by atoms with van der Waals surface area (Å²) in [6.07, 6.45) is 13.8. The third-order valence-corrected chi connectivity index (χ3v) is 10.3. The van der Waals surface area contributed by atoms with Crippen molar-refractivity contribution < 1.29 is 10.2 Å². The van der Waals surface area contributed by atoms with E-state index < -0.39 is 11.2 Å². The van der Waals surface area contributed by atoms with Crippen molar-refractivity contribution in [1.29, 1.82) is 0 Å². The van der Waals surface area contributed by atoms with Crippen LogP contribution in [-0.2, 0) is 0 Å². The molecule has 4 aliphatic rings. The maximum atomic E-state index is 10.7. The van der Waals surface area contributed by atoms with E-state index >= 15 is 0 Å². The van der Waals surface area contributed by atoms with E-state index in [2.05, 4.69) is 20.8 Å². The zero-order valence-electron chi connectivity index (χ0n) is 18.6. The fourth-order valence-corrected chi connectivity index (χ4v) is 8.54. The van der Waals surface area contributed by atoms with Crippen molar-refractivity contribution in [3.63, 3.8) is 0 Å². The average Bonchev–Trinajstić information content (AvgIpc) is 2.89. The van der Waals surface area contributed by atoms with Crippen LogP contribution in [0.1, 0.15) is 105 Å². The van der Waals surface area contributed by atoms with Crippen LogP contribution < -0.4 is 0 Å². The molecule has 0 aromatic rings. The second-order valence-electron chi connectivity index (χ2n) is 12.5. The Balaban J connectivity index is 1.51. The van der Waals surface area contributed by atoms with Crippen LogP contribution in [-0.4, -0.2) is 21.4 Å². The first kappa shape index (κ1) is 20.2. The van der Waals surface area contributed by atoms with Crippen LogP contribution in [0.25, 0.3) is 0 Å². The highest BCUT2D eigenvalue weighted by Gasteiger charge is 2.60. The van der Waals surface area contributed by atoms with Gasteiger partial charge in [-0.3, -0.25) is 0 Å². The Bertz CT molecular complexity index is 561. The van der Waals surface area contributed by atoms with Gasteiger partial charge in [0, 0.05) is 0 Å². The molecule has 27 heavy (non-hydrogen) atoms. The summed E-state index contributed by atoms with van der Waals surface area (Å²) in [7, 11) is 0. The lowest BCUT2D eigenvalue weighted by atomic mass is 9.44. The molecule has 0 amide bonds. The molecule has 156 valence electrons. The third kappa shape index (κ3) is 3.41. The largest absolute Gasteiger partial charge is 0.390 e. The molecule has 2 nitrogen and oxygen atoms in total. The van der Waals surface area contributed by atoms with Crippen LogP contribution >= 0.6 is 0 Å². The lowest BCUT2D eigenvalue weighted by Crippen LogP contribution is -2.55. The average molecular weight is 377 g/mol. The van der Waals surface area contributed by atoms with Gasteiger partial charge in [0.1, 0.15) is 0 Å². The predicted octanol–water partition coefficient (Wildman–Crippen LogP) is 5.95. The summed E-state index contributed by atoms with van der Waals surface area (Å²) in [4.78, 5) is 0. The Kier molecular flexibility index (Phi) is 4.83. The van der Waals surface area contributed by atoms with Gasteiger partial charge in [-0.05, 0) is 132 Å². The normalized spacial score (nSPS) is 52.8. The molecule has 0 heterocycles. The van der Waals surface area contributed by atoms with E-state index in [-0.39, 0.29) is 0 Å². The van der Waals surface area contributed by atoms with E-state index in [4.69, 9.17) is 0 Å². The number of aliphatic hydroxyl groups is 2. The van der Waals surface area contributed by atoms with Crippen molar-refractivity contribution in [1.82, 2.24) is 0 Å². The van der Waals surface area contributed by atoms with Crippen LogP contribution in [0, 0.1) is 40.4 Å². The van der Waals surface area contributed by atoms with Gasteiger partial charge in [-0.25, -0.2) is 0 Å². The maximum Gasteiger partial charge on any atom is 0.0622 e. The first-order chi connectivity index (χ1) is 12.4. The molecule has 0 saturated heterocycles. The summed E-state index contributed by atoms with van der Waals surface area (Å²) in [6, 6.07) is 0. The van der Waals surface area contributed by atoms with E-state index in [0.29, 0.717) is 10.8 Å². The predicted molar refractivity (Wildman–Crippen MR) is 111 cm³/mol. The van der Waals surface area contributed by atoms with E-state index in [1.165, 1.54) is 51.4 Å². The second-order valence-corrected chi connectivity index (χ2v) is 12.5. The molecular weight excluding hydrogens is 332 g/mol. The topological polar surface area (TPSA) is 40.5 Å². The number of hydrogen-bond acceptors (Lipinski definition) is 2. The molecule has 0 spiro atoms. The van der Waals surface area contributed by atoms with E-state index in [1.54, 1.807) is 0 Å². The van der Waals surface area contributed by atoms with E-state index in [1.807, 2.05) is 13.8 Å². The molecule has 0 aliphatic heterocycles. The fourth-order valence-electron chi connectivity index (χ4n) is 8.54. The Morgan fingerprint density at radius 1 is 0.852 bits per heavy atom. The summed E-state index contributed by atoms with van der Waals surface area (Å²) in [5.74, 6) is 4.26. The summed E-state index contributed by atoms with van der Waals surface area (Å²) in [6.45, 7) is 11.2. The van der Waals surface area contributed by atoms with Gasteiger partial charge in [-0.15, -0.1) is 0 Å². The lowest BCUT2D eigenvalue weighted by molar-refractivity contribution is -0.146. The SMILES string of the molecule is CC(C)(O)CC[C@H]1CC[C@H]2[C@@H]3CC[C@H]4C[C@@](C)(O)CC[C@]4(C)[C@H]3CC[C@]12C. The first-order valence-electron chi connectivity index (χ1n) is 11.9. The minimum absolute atomic E-state index is 0.421. The summed E-state index contributed by atoms with van der Waals surface area (Å²) < 4.78 is 0. The molecule has 4 aliphatic carbocycles. The quantitative estimate of drug-likeness (QED) is 0.639. The Hall–Kier alpha value is -0.0800. The minimum atomic E-state index is -0.518. The number of rotatable bonds is 3. The molecule has 0 radical (unpaired) electrons. The summed E-state index contributed by atoms with van der Waals surface area (Å²) in [5, 5.41) is 20.9. The van der Waals surface area contributed by atoms with Crippen molar-refractivity contribution in [3.8, 4) is 0 Å². The molecule has 4 saturated carbocycles. The number of hydrogen-bond donors (Lipinski definition) is 2.